The van der Waals surface area contributed by atoms with Gasteiger partial charge in [-0.15, -0.1) is 0 Å². The van der Waals surface area contributed by atoms with Crippen LogP contribution in [-0.2, 0) is 9.53 Å². The Hall–Kier alpha value is -3.02. The maximum atomic E-state index is 12.1. The summed E-state index contributed by atoms with van der Waals surface area (Å²) >= 11 is 0. The molecule has 1 aliphatic rings. The molecule has 6 heteroatoms. The Labute approximate surface area is 145 Å². The molecule has 0 radical (unpaired) electrons. The van der Waals surface area contributed by atoms with Crippen molar-refractivity contribution in [2.75, 3.05) is 25.1 Å². The lowest BCUT2D eigenvalue weighted by Gasteiger charge is -2.18. The van der Waals surface area contributed by atoms with Crippen LogP contribution in [0.2, 0.25) is 0 Å². The highest BCUT2D eigenvalue weighted by atomic mass is 16.6. The van der Waals surface area contributed by atoms with Crippen molar-refractivity contribution in [2.24, 2.45) is 0 Å². The van der Waals surface area contributed by atoms with Gasteiger partial charge < -0.3 is 19.5 Å². The van der Waals surface area contributed by atoms with Crippen LogP contribution in [0.5, 0.6) is 11.5 Å². The summed E-state index contributed by atoms with van der Waals surface area (Å²) in [5.74, 6) is 0.115. The number of carbonyl (C=O) groups excluding carboxylic acids is 2. The number of ether oxygens (including phenoxy) is 3. The van der Waals surface area contributed by atoms with Crippen LogP contribution in [0.15, 0.2) is 36.4 Å². The van der Waals surface area contributed by atoms with E-state index in [-0.39, 0.29) is 12.5 Å². The van der Waals surface area contributed by atoms with E-state index in [9.17, 15) is 9.59 Å². The fraction of sp³-hybridized carbons (Fsp3) is 0.263. The second kappa shape index (κ2) is 7.25. The maximum Gasteiger partial charge on any atom is 0.338 e. The fourth-order valence-electron chi connectivity index (χ4n) is 2.46. The van der Waals surface area contributed by atoms with Crippen molar-refractivity contribution >= 4 is 17.6 Å². The van der Waals surface area contributed by atoms with Gasteiger partial charge in [-0.2, -0.15) is 0 Å². The van der Waals surface area contributed by atoms with Gasteiger partial charge in [-0.05, 0) is 49.2 Å². The molecule has 25 heavy (non-hydrogen) atoms. The van der Waals surface area contributed by atoms with E-state index in [2.05, 4.69) is 5.32 Å². The minimum Gasteiger partial charge on any atom is -0.486 e. The molecule has 0 fully saturated rings. The number of esters is 1. The first-order valence-corrected chi connectivity index (χ1v) is 7.97. The molecule has 1 amide bonds. The quantitative estimate of drug-likeness (QED) is 0.866. The van der Waals surface area contributed by atoms with Gasteiger partial charge >= 0.3 is 5.97 Å². The standard InChI is InChI=1S/C19H19NO5/c1-12-4-3-5-15(13(12)2)20-18(21)11-25-19(22)14-6-7-16-17(10-14)24-9-8-23-16/h3-7,10H,8-9,11H2,1-2H3,(H,20,21). The van der Waals surface area contributed by atoms with Gasteiger partial charge in [0.2, 0.25) is 0 Å². The van der Waals surface area contributed by atoms with Crippen LogP contribution in [0.3, 0.4) is 0 Å². The van der Waals surface area contributed by atoms with Gasteiger partial charge in [-0.25, -0.2) is 4.79 Å². The summed E-state index contributed by atoms with van der Waals surface area (Å²) in [6.45, 7) is 4.44. The third-order valence-electron chi connectivity index (χ3n) is 3.99. The van der Waals surface area contributed by atoms with E-state index < -0.39 is 5.97 Å². The number of aryl methyl sites for hydroxylation is 1. The van der Waals surface area contributed by atoms with E-state index in [4.69, 9.17) is 14.2 Å². The second-order valence-corrected chi connectivity index (χ2v) is 5.73. The highest BCUT2D eigenvalue weighted by Crippen LogP contribution is 2.30. The number of anilines is 1. The molecule has 0 aliphatic carbocycles. The molecule has 0 spiro atoms. The zero-order chi connectivity index (χ0) is 17.8. The topological polar surface area (TPSA) is 73.9 Å². The van der Waals surface area contributed by atoms with E-state index in [1.54, 1.807) is 18.2 Å². The van der Waals surface area contributed by atoms with Crippen molar-refractivity contribution in [1.82, 2.24) is 0 Å². The molecule has 0 unspecified atom stereocenters. The first kappa shape index (κ1) is 16.8. The molecule has 0 saturated carbocycles. The van der Waals surface area contributed by atoms with Crippen molar-refractivity contribution in [1.29, 1.82) is 0 Å². The predicted octanol–water partition coefficient (Wildman–Crippen LogP) is 2.87. The fourth-order valence-corrected chi connectivity index (χ4v) is 2.46. The average molecular weight is 341 g/mol. The number of amides is 1. The van der Waals surface area contributed by atoms with Crippen LogP contribution in [0, 0.1) is 13.8 Å². The van der Waals surface area contributed by atoms with Gasteiger partial charge in [0.05, 0.1) is 5.56 Å². The summed E-state index contributed by atoms with van der Waals surface area (Å²) in [5, 5.41) is 2.75. The number of carbonyl (C=O) groups is 2. The third kappa shape index (κ3) is 3.91. The van der Waals surface area contributed by atoms with Gasteiger partial charge in [0.25, 0.3) is 5.91 Å². The zero-order valence-electron chi connectivity index (χ0n) is 14.1. The molecule has 130 valence electrons. The van der Waals surface area contributed by atoms with E-state index >= 15 is 0 Å². The first-order chi connectivity index (χ1) is 12.0. The van der Waals surface area contributed by atoms with Crippen LogP contribution in [0.25, 0.3) is 0 Å². The molecular weight excluding hydrogens is 322 g/mol. The van der Waals surface area contributed by atoms with Gasteiger partial charge in [0, 0.05) is 5.69 Å². The molecule has 3 rings (SSSR count). The molecule has 0 atom stereocenters. The first-order valence-electron chi connectivity index (χ1n) is 7.97. The Morgan fingerprint density at radius 2 is 1.84 bits per heavy atom. The highest BCUT2D eigenvalue weighted by molar-refractivity contribution is 5.96. The summed E-state index contributed by atoms with van der Waals surface area (Å²) < 4.78 is 15.9. The van der Waals surface area contributed by atoms with Crippen molar-refractivity contribution in [2.45, 2.75) is 13.8 Å². The van der Waals surface area contributed by atoms with E-state index in [1.807, 2.05) is 32.0 Å². The Morgan fingerprint density at radius 1 is 1.08 bits per heavy atom. The lowest BCUT2D eigenvalue weighted by atomic mass is 10.1. The lowest BCUT2D eigenvalue weighted by molar-refractivity contribution is -0.119. The van der Waals surface area contributed by atoms with E-state index in [0.29, 0.717) is 36.0 Å². The third-order valence-corrected chi connectivity index (χ3v) is 3.99. The molecule has 1 aliphatic heterocycles. The Bertz CT molecular complexity index is 815. The monoisotopic (exact) mass is 341 g/mol. The normalized spacial score (nSPS) is 12.4. The number of rotatable bonds is 4. The Balaban J connectivity index is 1.58. The van der Waals surface area contributed by atoms with E-state index in [0.717, 1.165) is 11.1 Å². The van der Waals surface area contributed by atoms with Crippen LogP contribution in [0.1, 0.15) is 21.5 Å². The number of nitrogens with one attached hydrogen (secondary N) is 1. The number of benzene rings is 2. The summed E-state index contributed by atoms with van der Waals surface area (Å²) in [7, 11) is 0. The number of fused-ring (bicyclic) bond motifs is 1. The van der Waals surface area contributed by atoms with Crippen molar-refractivity contribution in [3.8, 4) is 11.5 Å². The number of hydrogen-bond acceptors (Lipinski definition) is 5. The number of hydrogen-bond donors (Lipinski definition) is 1. The molecule has 1 heterocycles. The molecule has 2 aromatic rings. The minimum atomic E-state index is -0.590. The maximum absolute atomic E-state index is 12.1. The van der Waals surface area contributed by atoms with Crippen LogP contribution >= 0.6 is 0 Å². The summed E-state index contributed by atoms with van der Waals surface area (Å²) in [6, 6.07) is 10.4. The summed E-state index contributed by atoms with van der Waals surface area (Å²) in [6.07, 6.45) is 0. The largest absolute Gasteiger partial charge is 0.486 e. The van der Waals surface area contributed by atoms with Gasteiger partial charge in [-0.1, -0.05) is 12.1 Å². The average Bonchev–Trinajstić information content (AvgIpc) is 2.63. The van der Waals surface area contributed by atoms with Crippen LogP contribution in [0.4, 0.5) is 5.69 Å². The predicted molar refractivity (Wildman–Crippen MR) is 92.3 cm³/mol. The van der Waals surface area contributed by atoms with Crippen molar-refractivity contribution < 1.29 is 23.8 Å². The molecule has 6 nitrogen and oxygen atoms in total. The molecule has 0 bridgehead atoms. The second-order valence-electron chi connectivity index (χ2n) is 5.73. The van der Waals surface area contributed by atoms with E-state index in [1.165, 1.54) is 0 Å². The van der Waals surface area contributed by atoms with Crippen molar-refractivity contribution in [3.63, 3.8) is 0 Å². The van der Waals surface area contributed by atoms with Gasteiger partial charge in [0.15, 0.2) is 18.1 Å². The smallest absolute Gasteiger partial charge is 0.338 e. The molecule has 0 saturated heterocycles. The summed E-state index contributed by atoms with van der Waals surface area (Å²) in [5.41, 5.74) is 3.07. The SMILES string of the molecule is Cc1cccc(NC(=O)COC(=O)c2ccc3c(c2)OCCO3)c1C. The minimum absolute atomic E-state index is 0.309. The lowest BCUT2D eigenvalue weighted by Crippen LogP contribution is -2.21. The molecular formula is C19H19NO5. The molecule has 2 aromatic carbocycles. The van der Waals surface area contributed by atoms with Crippen LogP contribution in [-0.4, -0.2) is 31.7 Å². The zero-order valence-corrected chi connectivity index (χ0v) is 14.1. The Morgan fingerprint density at radius 3 is 2.64 bits per heavy atom. The molecule has 0 aromatic heterocycles. The Kier molecular flexibility index (Phi) is 4.88. The molecule has 1 N–H and O–H groups in total. The van der Waals surface area contributed by atoms with Crippen molar-refractivity contribution in [3.05, 3.63) is 53.1 Å². The van der Waals surface area contributed by atoms with Crippen LogP contribution < -0.4 is 14.8 Å². The highest BCUT2D eigenvalue weighted by Gasteiger charge is 2.17. The van der Waals surface area contributed by atoms with Gasteiger partial charge in [0.1, 0.15) is 13.2 Å². The summed E-state index contributed by atoms with van der Waals surface area (Å²) in [4.78, 5) is 24.1. The van der Waals surface area contributed by atoms with Gasteiger partial charge in [-0.3, -0.25) is 4.79 Å².